The monoisotopic (exact) mass is 349 g/mol. The molecule has 2 aromatic rings. The number of hydrogen-bond donors (Lipinski definition) is 2. The largest absolute Gasteiger partial charge is 0.493 e. The molecule has 0 atom stereocenters. The van der Waals surface area contributed by atoms with Crippen molar-refractivity contribution in [3.8, 4) is 5.75 Å². The molecule has 6 nitrogen and oxygen atoms in total. The molecule has 130 valence electrons. The standard InChI is InChI=1S/C17H24ClN5O/c1-13-11-14(18)5-6-16(13)24-10-4-8-20-17(19-2)21-12-15-7-9-22-23(15)3/h5-7,9,11H,4,8,10,12H2,1-3H3,(H2,19,20,21). The molecule has 1 heterocycles. The number of guanidine groups is 1. The van der Waals surface area contributed by atoms with Gasteiger partial charge in [0.15, 0.2) is 5.96 Å². The smallest absolute Gasteiger partial charge is 0.191 e. The quantitative estimate of drug-likeness (QED) is 0.458. The highest BCUT2D eigenvalue weighted by molar-refractivity contribution is 6.30. The highest BCUT2D eigenvalue weighted by Crippen LogP contribution is 2.21. The minimum atomic E-state index is 0.633. The first-order valence-electron chi connectivity index (χ1n) is 7.90. The maximum atomic E-state index is 5.94. The fourth-order valence-corrected chi connectivity index (χ4v) is 2.43. The number of nitrogens with zero attached hydrogens (tertiary/aromatic N) is 3. The van der Waals surface area contributed by atoms with Gasteiger partial charge in [-0.1, -0.05) is 11.6 Å². The van der Waals surface area contributed by atoms with Crippen molar-refractivity contribution in [2.45, 2.75) is 19.9 Å². The summed E-state index contributed by atoms with van der Waals surface area (Å²) in [5.41, 5.74) is 2.14. The van der Waals surface area contributed by atoms with E-state index in [1.807, 2.05) is 42.9 Å². The molecule has 0 radical (unpaired) electrons. The number of aryl methyl sites for hydroxylation is 2. The third-order valence-electron chi connectivity index (χ3n) is 3.59. The average Bonchev–Trinajstić information content (AvgIpc) is 2.97. The number of halogens is 1. The normalized spacial score (nSPS) is 11.4. The van der Waals surface area contributed by atoms with Gasteiger partial charge in [0.05, 0.1) is 18.8 Å². The van der Waals surface area contributed by atoms with Crippen molar-refractivity contribution in [2.75, 3.05) is 20.2 Å². The Hall–Kier alpha value is -2.21. The van der Waals surface area contributed by atoms with Crippen molar-refractivity contribution in [3.05, 3.63) is 46.7 Å². The van der Waals surface area contributed by atoms with Crippen LogP contribution in [0.3, 0.4) is 0 Å². The maximum Gasteiger partial charge on any atom is 0.191 e. The van der Waals surface area contributed by atoms with E-state index in [9.17, 15) is 0 Å². The Kier molecular flexibility index (Phi) is 6.93. The summed E-state index contributed by atoms with van der Waals surface area (Å²) in [5.74, 6) is 1.64. The number of rotatable bonds is 7. The van der Waals surface area contributed by atoms with Gasteiger partial charge in [-0.05, 0) is 43.2 Å². The molecule has 2 rings (SSSR count). The first-order chi connectivity index (χ1) is 11.6. The van der Waals surface area contributed by atoms with Crippen molar-refractivity contribution < 1.29 is 4.74 Å². The van der Waals surface area contributed by atoms with E-state index in [1.54, 1.807) is 13.2 Å². The number of ether oxygens (including phenoxy) is 1. The van der Waals surface area contributed by atoms with Gasteiger partial charge in [0, 0.05) is 31.9 Å². The van der Waals surface area contributed by atoms with E-state index >= 15 is 0 Å². The lowest BCUT2D eigenvalue weighted by atomic mass is 10.2. The molecule has 0 amide bonds. The third-order valence-corrected chi connectivity index (χ3v) is 3.83. The first-order valence-corrected chi connectivity index (χ1v) is 8.28. The second kappa shape index (κ2) is 9.17. The molecule has 7 heteroatoms. The van der Waals surface area contributed by atoms with Gasteiger partial charge in [0.25, 0.3) is 0 Å². The van der Waals surface area contributed by atoms with Crippen molar-refractivity contribution in [2.24, 2.45) is 12.0 Å². The second-order valence-electron chi connectivity index (χ2n) is 5.41. The minimum Gasteiger partial charge on any atom is -0.493 e. The molecule has 24 heavy (non-hydrogen) atoms. The SMILES string of the molecule is CN=C(NCCCOc1ccc(Cl)cc1C)NCc1ccnn1C. The van der Waals surface area contributed by atoms with E-state index in [1.165, 1.54) is 0 Å². The van der Waals surface area contributed by atoms with E-state index in [0.29, 0.717) is 13.2 Å². The Morgan fingerprint density at radius 1 is 1.33 bits per heavy atom. The van der Waals surface area contributed by atoms with Gasteiger partial charge in [-0.15, -0.1) is 0 Å². The fourth-order valence-electron chi connectivity index (χ4n) is 2.21. The Balaban J connectivity index is 1.66. The molecule has 0 saturated carbocycles. The summed E-state index contributed by atoms with van der Waals surface area (Å²) in [6, 6.07) is 7.62. The van der Waals surface area contributed by atoms with Gasteiger partial charge in [-0.2, -0.15) is 5.10 Å². The zero-order chi connectivity index (χ0) is 17.4. The van der Waals surface area contributed by atoms with Crippen LogP contribution in [0, 0.1) is 6.92 Å². The molecule has 0 aliphatic carbocycles. The van der Waals surface area contributed by atoms with Gasteiger partial charge in [-0.3, -0.25) is 9.67 Å². The molecule has 0 saturated heterocycles. The molecule has 0 aliphatic rings. The van der Waals surface area contributed by atoms with Gasteiger partial charge >= 0.3 is 0 Å². The molecule has 0 unspecified atom stereocenters. The molecule has 0 aliphatic heterocycles. The molecular formula is C17H24ClN5O. The summed E-state index contributed by atoms with van der Waals surface area (Å²) in [7, 11) is 3.68. The number of benzene rings is 1. The number of hydrogen-bond acceptors (Lipinski definition) is 3. The topological polar surface area (TPSA) is 63.5 Å². The number of aliphatic imine (C=N–C) groups is 1. The van der Waals surface area contributed by atoms with Crippen LogP contribution in [0.25, 0.3) is 0 Å². The summed E-state index contributed by atoms with van der Waals surface area (Å²) in [5, 5.41) is 11.4. The Labute approximate surface area is 147 Å². The maximum absolute atomic E-state index is 5.94. The van der Waals surface area contributed by atoms with E-state index < -0.39 is 0 Å². The third kappa shape index (κ3) is 5.45. The summed E-state index contributed by atoms with van der Waals surface area (Å²) in [6.07, 6.45) is 2.65. The summed E-state index contributed by atoms with van der Waals surface area (Å²) in [4.78, 5) is 4.21. The Morgan fingerprint density at radius 2 is 2.17 bits per heavy atom. The summed E-state index contributed by atoms with van der Waals surface area (Å²) in [6.45, 7) is 4.08. The zero-order valence-electron chi connectivity index (χ0n) is 14.3. The van der Waals surface area contributed by atoms with Crippen molar-refractivity contribution in [3.63, 3.8) is 0 Å². The Morgan fingerprint density at radius 3 is 2.83 bits per heavy atom. The predicted molar refractivity (Wildman–Crippen MR) is 97.7 cm³/mol. The van der Waals surface area contributed by atoms with Crippen LogP contribution in [-0.2, 0) is 13.6 Å². The highest BCUT2D eigenvalue weighted by Gasteiger charge is 2.02. The molecule has 2 N–H and O–H groups in total. The zero-order valence-corrected chi connectivity index (χ0v) is 15.1. The lowest BCUT2D eigenvalue weighted by Gasteiger charge is -2.13. The molecule has 1 aromatic carbocycles. The van der Waals surface area contributed by atoms with Crippen LogP contribution in [0.2, 0.25) is 5.02 Å². The van der Waals surface area contributed by atoms with Crippen LogP contribution in [0.15, 0.2) is 35.5 Å². The molecule has 0 bridgehead atoms. The summed E-state index contributed by atoms with van der Waals surface area (Å²) < 4.78 is 7.61. The van der Waals surface area contributed by atoms with Gasteiger partial charge in [-0.25, -0.2) is 0 Å². The van der Waals surface area contributed by atoms with Crippen LogP contribution in [-0.4, -0.2) is 35.9 Å². The van der Waals surface area contributed by atoms with E-state index in [-0.39, 0.29) is 0 Å². The highest BCUT2D eigenvalue weighted by atomic mass is 35.5. The van der Waals surface area contributed by atoms with Crippen LogP contribution in [0.4, 0.5) is 0 Å². The van der Waals surface area contributed by atoms with Gasteiger partial charge in [0.1, 0.15) is 5.75 Å². The lowest BCUT2D eigenvalue weighted by Crippen LogP contribution is -2.38. The second-order valence-corrected chi connectivity index (χ2v) is 5.85. The molecule has 0 fully saturated rings. The van der Waals surface area contributed by atoms with Gasteiger partial charge < -0.3 is 15.4 Å². The molecule has 1 aromatic heterocycles. The summed E-state index contributed by atoms with van der Waals surface area (Å²) >= 11 is 5.94. The first kappa shape index (κ1) is 18.1. The van der Waals surface area contributed by atoms with Crippen molar-refractivity contribution >= 4 is 17.6 Å². The number of aromatic nitrogens is 2. The van der Waals surface area contributed by atoms with E-state index in [2.05, 4.69) is 20.7 Å². The average molecular weight is 350 g/mol. The van der Waals surface area contributed by atoms with E-state index in [4.69, 9.17) is 16.3 Å². The van der Waals surface area contributed by atoms with E-state index in [0.717, 1.165) is 41.0 Å². The Bertz CT molecular complexity index is 683. The lowest BCUT2D eigenvalue weighted by molar-refractivity contribution is 0.309. The van der Waals surface area contributed by atoms with Crippen LogP contribution >= 0.6 is 11.6 Å². The van der Waals surface area contributed by atoms with Crippen LogP contribution in [0.1, 0.15) is 17.7 Å². The van der Waals surface area contributed by atoms with Crippen LogP contribution in [0.5, 0.6) is 5.75 Å². The predicted octanol–water partition coefficient (Wildman–Crippen LogP) is 2.52. The van der Waals surface area contributed by atoms with Crippen molar-refractivity contribution in [1.29, 1.82) is 0 Å². The molecule has 0 spiro atoms. The number of nitrogens with one attached hydrogen (secondary N) is 2. The minimum absolute atomic E-state index is 0.633. The molecular weight excluding hydrogens is 326 g/mol. The van der Waals surface area contributed by atoms with Gasteiger partial charge in [0.2, 0.25) is 0 Å². The van der Waals surface area contributed by atoms with Crippen molar-refractivity contribution in [1.82, 2.24) is 20.4 Å². The fraction of sp³-hybridized carbons (Fsp3) is 0.412. The van der Waals surface area contributed by atoms with Crippen LogP contribution < -0.4 is 15.4 Å².